The van der Waals surface area contributed by atoms with Gasteiger partial charge in [0.1, 0.15) is 11.9 Å². The Kier molecular flexibility index (Phi) is 14.0. The molecule has 0 spiro atoms. The Labute approximate surface area is 287 Å². The van der Waals surface area contributed by atoms with E-state index in [1.165, 1.54) is 0 Å². The van der Waals surface area contributed by atoms with Crippen molar-refractivity contribution >= 4 is 17.6 Å². The summed E-state index contributed by atoms with van der Waals surface area (Å²) >= 11 is 0. The average Bonchev–Trinajstić information content (AvgIpc) is 3.56. The Balaban J connectivity index is 1.49. The number of piperazine rings is 1. The fourth-order valence-corrected chi connectivity index (χ4v) is 8.18. The number of benzene rings is 1. The van der Waals surface area contributed by atoms with Gasteiger partial charge in [0.25, 0.3) is 0 Å². The first-order valence-electron chi connectivity index (χ1n) is 18.0. The maximum atomic E-state index is 14.0. The summed E-state index contributed by atoms with van der Waals surface area (Å²) < 4.78 is 11.4. The van der Waals surface area contributed by atoms with Gasteiger partial charge in [-0.1, -0.05) is 46.3 Å². The van der Waals surface area contributed by atoms with Crippen molar-refractivity contribution in [1.82, 2.24) is 4.90 Å². The summed E-state index contributed by atoms with van der Waals surface area (Å²) in [7, 11) is 1.65. The number of carbonyl (C=O) groups is 2. The number of aliphatic hydroxyl groups excluding tert-OH is 2. The Hall–Kier alpha value is -3.35. The summed E-state index contributed by atoms with van der Waals surface area (Å²) in [5, 5.41) is 31.8. The fraction of sp³-hybridized carbons (Fsp3) is 0.667. The number of aliphatic hydroxyl groups is 2. The lowest BCUT2D eigenvalue weighted by molar-refractivity contribution is -0.158. The van der Waals surface area contributed by atoms with E-state index >= 15 is 0 Å². The van der Waals surface area contributed by atoms with Gasteiger partial charge in [0.2, 0.25) is 5.91 Å². The monoisotopic (exact) mass is 663 g/mol. The standard InChI is InChI=1S/C39H57N3O6/c1-26-21-27(2)23-29(4)38(45)30(25-40)9-6-7-12-36(48-37(44)24-35(43)28(3)22-26)33-10-8-11-34(33)39(46)42-19-17-41(18-20-42)31-13-15-32(47-5)16-14-31/h6-7,9,13-16,26-29,33-36,38,43,45H,8,10-12,17-24H2,1-5H3/b7-6+,30-9-/t26-,27+,28-,29-,33+,34+,35-,36-,38+/m0/s1. The van der Waals surface area contributed by atoms with Crippen LogP contribution in [0.1, 0.15) is 79.1 Å². The molecule has 48 heavy (non-hydrogen) atoms. The molecule has 1 amide bonds. The molecule has 0 bridgehead atoms. The van der Waals surface area contributed by atoms with Gasteiger partial charge in [-0.2, -0.15) is 5.26 Å². The van der Waals surface area contributed by atoms with E-state index in [1.807, 2.05) is 49.1 Å². The molecular formula is C39H57N3O6. The van der Waals surface area contributed by atoms with Crippen molar-refractivity contribution in [2.24, 2.45) is 35.5 Å². The van der Waals surface area contributed by atoms with Crippen molar-refractivity contribution < 1.29 is 29.3 Å². The first kappa shape index (κ1) is 37.5. The van der Waals surface area contributed by atoms with Gasteiger partial charge < -0.3 is 29.5 Å². The minimum atomic E-state index is -0.868. The molecule has 2 heterocycles. The molecule has 2 N–H and O–H groups in total. The van der Waals surface area contributed by atoms with Gasteiger partial charge in [-0.05, 0) is 86.1 Å². The highest BCUT2D eigenvalue weighted by molar-refractivity contribution is 5.80. The van der Waals surface area contributed by atoms with E-state index in [0.717, 1.165) is 63.1 Å². The van der Waals surface area contributed by atoms with Crippen LogP contribution in [0.25, 0.3) is 0 Å². The van der Waals surface area contributed by atoms with Gasteiger partial charge in [-0.25, -0.2) is 0 Å². The van der Waals surface area contributed by atoms with Crippen LogP contribution in [0.3, 0.4) is 0 Å². The van der Waals surface area contributed by atoms with Gasteiger partial charge in [-0.15, -0.1) is 0 Å². The number of allylic oxidation sites excluding steroid dienone is 2. The van der Waals surface area contributed by atoms with Crippen molar-refractivity contribution in [1.29, 1.82) is 5.26 Å². The quantitative estimate of drug-likeness (QED) is 0.382. The highest BCUT2D eigenvalue weighted by atomic mass is 16.5. The number of cyclic esters (lactones) is 1. The lowest BCUT2D eigenvalue weighted by Gasteiger charge is -2.38. The van der Waals surface area contributed by atoms with Crippen molar-refractivity contribution in [3.8, 4) is 11.8 Å². The first-order chi connectivity index (χ1) is 23.0. The largest absolute Gasteiger partial charge is 0.497 e. The third-order valence-electron chi connectivity index (χ3n) is 10.8. The van der Waals surface area contributed by atoms with Crippen LogP contribution in [-0.2, 0) is 14.3 Å². The van der Waals surface area contributed by atoms with Crippen molar-refractivity contribution in [3.05, 3.63) is 48.1 Å². The Morgan fingerprint density at radius 1 is 0.958 bits per heavy atom. The fourth-order valence-electron chi connectivity index (χ4n) is 8.18. The van der Waals surface area contributed by atoms with Crippen LogP contribution in [-0.4, -0.2) is 78.6 Å². The second-order valence-electron chi connectivity index (χ2n) is 14.7. The van der Waals surface area contributed by atoms with Crippen LogP contribution in [0.4, 0.5) is 5.69 Å². The smallest absolute Gasteiger partial charge is 0.308 e. The van der Waals surface area contributed by atoms with Crippen molar-refractivity contribution in [2.45, 2.75) is 97.4 Å². The molecule has 1 saturated carbocycles. The second-order valence-corrected chi connectivity index (χ2v) is 14.7. The number of hydrogen-bond donors (Lipinski definition) is 2. The Morgan fingerprint density at radius 2 is 1.62 bits per heavy atom. The van der Waals surface area contributed by atoms with Gasteiger partial charge >= 0.3 is 5.97 Å². The molecule has 4 rings (SSSR count). The topological polar surface area (TPSA) is 123 Å². The lowest BCUT2D eigenvalue weighted by Crippen LogP contribution is -2.51. The summed E-state index contributed by atoms with van der Waals surface area (Å²) in [5.74, 6) is 0.606. The van der Waals surface area contributed by atoms with Gasteiger partial charge in [0.05, 0.1) is 37.4 Å². The molecular weight excluding hydrogens is 606 g/mol. The van der Waals surface area contributed by atoms with E-state index in [2.05, 4.69) is 24.8 Å². The molecule has 1 saturated heterocycles. The minimum absolute atomic E-state index is 0.0782. The summed E-state index contributed by atoms with van der Waals surface area (Å²) in [6, 6.07) is 10.2. The number of methoxy groups -OCH3 is 1. The zero-order valence-electron chi connectivity index (χ0n) is 29.6. The summed E-state index contributed by atoms with van der Waals surface area (Å²) in [6.45, 7) is 11.0. The average molecular weight is 664 g/mol. The normalized spacial score (nSPS) is 34.9. The van der Waals surface area contributed by atoms with Crippen molar-refractivity contribution in [3.63, 3.8) is 0 Å². The highest BCUT2D eigenvalue weighted by Crippen LogP contribution is 2.39. The summed E-state index contributed by atoms with van der Waals surface area (Å²) in [6.07, 6.45) is 8.26. The van der Waals surface area contributed by atoms with Gasteiger partial charge in [0, 0.05) is 50.1 Å². The molecule has 0 aromatic heterocycles. The van der Waals surface area contributed by atoms with E-state index in [4.69, 9.17) is 9.47 Å². The van der Waals surface area contributed by atoms with Crippen LogP contribution < -0.4 is 9.64 Å². The van der Waals surface area contributed by atoms with Crippen LogP contribution in [0.15, 0.2) is 48.1 Å². The number of ether oxygens (including phenoxy) is 2. The number of hydrogen-bond acceptors (Lipinski definition) is 8. The zero-order chi connectivity index (χ0) is 34.8. The first-order valence-corrected chi connectivity index (χ1v) is 18.0. The molecule has 1 aliphatic carbocycles. The van der Waals surface area contributed by atoms with E-state index < -0.39 is 24.3 Å². The summed E-state index contributed by atoms with van der Waals surface area (Å²) in [5.41, 5.74) is 1.42. The predicted octanol–water partition coefficient (Wildman–Crippen LogP) is 5.91. The molecule has 1 aromatic carbocycles. The van der Waals surface area contributed by atoms with Crippen LogP contribution >= 0.6 is 0 Å². The van der Waals surface area contributed by atoms with E-state index in [1.54, 1.807) is 19.3 Å². The second kappa shape index (κ2) is 17.9. The van der Waals surface area contributed by atoms with E-state index in [0.29, 0.717) is 36.9 Å². The number of rotatable bonds is 4. The van der Waals surface area contributed by atoms with Gasteiger partial charge in [-0.3, -0.25) is 9.59 Å². The number of esters is 1. The molecule has 9 heteroatoms. The molecule has 0 radical (unpaired) electrons. The third-order valence-corrected chi connectivity index (χ3v) is 10.8. The maximum Gasteiger partial charge on any atom is 0.308 e. The number of anilines is 1. The molecule has 2 fully saturated rings. The number of nitrogens with zero attached hydrogens (tertiary/aromatic N) is 3. The number of carbonyl (C=O) groups excluding carboxylic acids is 2. The van der Waals surface area contributed by atoms with Crippen LogP contribution in [0.5, 0.6) is 5.75 Å². The van der Waals surface area contributed by atoms with Crippen molar-refractivity contribution in [2.75, 3.05) is 38.2 Å². The Morgan fingerprint density at radius 3 is 2.27 bits per heavy atom. The molecule has 3 aliphatic rings. The molecule has 2 aliphatic heterocycles. The molecule has 9 atom stereocenters. The molecule has 264 valence electrons. The predicted molar refractivity (Wildman–Crippen MR) is 187 cm³/mol. The maximum absolute atomic E-state index is 14.0. The van der Waals surface area contributed by atoms with E-state index in [-0.39, 0.29) is 36.0 Å². The van der Waals surface area contributed by atoms with Crippen LogP contribution in [0, 0.1) is 46.8 Å². The molecule has 9 nitrogen and oxygen atoms in total. The minimum Gasteiger partial charge on any atom is -0.497 e. The molecule has 1 aromatic rings. The van der Waals surface area contributed by atoms with Crippen LogP contribution in [0.2, 0.25) is 0 Å². The lowest BCUT2D eigenvalue weighted by atomic mass is 9.82. The third kappa shape index (κ3) is 10.1. The van der Waals surface area contributed by atoms with E-state index in [9.17, 15) is 25.1 Å². The highest BCUT2D eigenvalue weighted by Gasteiger charge is 2.42. The number of amides is 1. The Bertz CT molecular complexity index is 1300. The SMILES string of the molecule is COc1ccc(N2CCN(C(=O)[C@@H]3CCC[C@H]3[C@@H]3C/C=C/C=C(/C#N)[C@H](O)[C@@H](C)C[C@H](C)C[C@H](C)C[C@H](C)[C@@H](O)CC(=O)O3)CC2)cc1. The number of nitriles is 1. The molecule has 0 unspecified atom stereocenters. The van der Waals surface area contributed by atoms with Gasteiger partial charge in [0.15, 0.2) is 0 Å². The summed E-state index contributed by atoms with van der Waals surface area (Å²) in [4.78, 5) is 31.5. The zero-order valence-corrected chi connectivity index (χ0v) is 29.6.